The van der Waals surface area contributed by atoms with Crippen LogP contribution in [0.3, 0.4) is 0 Å². The van der Waals surface area contributed by atoms with Crippen LogP contribution in [0.1, 0.15) is 30.5 Å². The number of hydrogen-bond acceptors (Lipinski definition) is 2. The third kappa shape index (κ3) is 5.53. The Morgan fingerprint density at radius 3 is 2.43 bits per heavy atom. The largest absolute Gasteiger partial charge is 0.484 e. The number of halogens is 1. The van der Waals surface area contributed by atoms with Crippen molar-refractivity contribution in [3.63, 3.8) is 0 Å². The molecule has 0 aliphatic rings. The number of nitrogens with one attached hydrogen (secondary N) is 1. The van der Waals surface area contributed by atoms with Crippen molar-refractivity contribution in [2.75, 3.05) is 6.61 Å². The number of amides is 1. The predicted octanol–water partition coefficient (Wildman–Crippen LogP) is 4.11. The highest BCUT2D eigenvalue weighted by Crippen LogP contribution is 2.14. The first-order chi connectivity index (χ1) is 11.1. The Bertz CT molecular complexity index is 653. The van der Waals surface area contributed by atoms with E-state index < -0.39 is 0 Å². The SMILES string of the molecule is CCc1ccc(CC)c(CNC(=O)COc2ccc(I)cc2)c1. The van der Waals surface area contributed by atoms with Crippen LogP contribution in [0.15, 0.2) is 42.5 Å². The Kier molecular flexibility index (Phi) is 6.89. The molecular weight excluding hydrogens is 401 g/mol. The van der Waals surface area contributed by atoms with E-state index in [-0.39, 0.29) is 12.5 Å². The normalized spacial score (nSPS) is 10.4. The molecule has 0 atom stereocenters. The molecule has 0 saturated heterocycles. The third-order valence-corrected chi connectivity index (χ3v) is 4.44. The molecule has 2 aromatic carbocycles. The van der Waals surface area contributed by atoms with E-state index in [1.54, 1.807) is 0 Å². The summed E-state index contributed by atoms with van der Waals surface area (Å²) in [5.74, 6) is 0.607. The highest BCUT2D eigenvalue weighted by Gasteiger charge is 2.06. The first-order valence-electron chi connectivity index (χ1n) is 7.88. The Morgan fingerprint density at radius 1 is 1.04 bits per heavy atom. The van der Waals surface area contributed by atoms with Crippen LogP contribution in [0, 0.1) is 3.57 Å². The number of rotatable bonds is 7. The molecule has 0 aliphatic heterocycles. The van der Waals surface area contributed by atoms with Gasteiger partial charge in [0.25, 0.3) is 5.91 Å². The standard InChI is InChI=1S/C19H22INO2/c1-3-14-5-6-15(4-2)16(11-14)12-21-19(22)13-23-18-9-7-17(20)8-10-18/h5-11H,3-4,12-13H2,1-2H3,(H,21,22). The van der Waals surface area contributed by atoms with Gasteiger partial charge in [-0.1, -0.05) is 32.0 Å². The zero-order valence-electron chi connectivity index (χ0n) is 13.6. The maximum absolute atomic E-state index is 12.0. The average molecular weight is 423 g/mol. The third-order valence-electron chi connectivity index (χ3n) is 3.72. The van der Waals surface area contributed by atoms with Gasteiger partial charge in [-0.3, -0.25) is 4.79 Å². The zero-order chi connectivity index (χ0) is 16.7. The average Bonchev–Trinajstić information content (AvgIpc) is 2.59. The van der Waals surface area contributed by atoms with E-state index in [0.29, 0.717) is 12.3 Å². The molecule has 0 radical (unpaired) electrons. The fourth-order valence-electron chi connectivity index (χ4n) is 2.33. The molecule has 122 valence electrons. The van der Waals surface area contributed by atoms with Crippen molar-refractivity contribution in [3.05, 3.63) is 62.7 Å². The van der Waals surface area contributed by atoms with Crippen LogP contribution >= 0.6 is 22.6 Å². The van der Waals surface area contributed by atoms with Crippen LogP contribution in [-0.4, -0.2) is 12.5 Å². The minimum Gasteiger partial charge on any atom is -0.484 e. The van der Waals surface area contributed by atoms with Gasteiger partial charge in [0, 0.05) is 10.1 Å². The second-order valence-corrected chi connectivity index (χ2v) is 6.58. The van der Waals surface area contributed by atoms with E-state index in [2.05, 4.69) is 60.0 Å². The summed E-state index contributed by atoms with van der Waals surface area (Å²) in [5, 5.41) is 2.94. The van der Waals surface area contributed by atoms with Gasteiger partial charge in [-0.05, 0) is 76.4 Å². The molecule has 0 heterocycles. The summed E-state index contributed by atoms with van der Waals surface area (Å²) >= 11 is 2.24. The number of carbonyl (C=O) groups is 1. The van der Waals surface area contributed by atoms with Gasteiger partial charge < -0.3 is 10.1 Å². The van der Waals surface area contributed by atoms with Gasteiger partial charge >= 0.3 is 0 Å². The topological polar surface area (TPSA) is 38.3 Å². The van der Waals surface area contributed by atoms with Gasteiger partial charge in [-0.15, -0.1) is 0 Å². The number of aryl methyl sites for hydroxylation is 2. The monoisotopic (exact) mass is 423 g/mol. The molecule has 0 fully saturated rings. The van der Waals surface area contributed by atoms with Crippen molar-refractivity contribution in [1.82, 2.24) is 5.32 Å². The summed E-state index contributed by atoms with van der Waals surface area (Å²) < 4.78 is 6.64. The molecule has 0 spiro atoms. The zero-order valence-corrected chi connectivity index (χ0v) is 15.7. The maximum atomic E-state index is 12.0. The molecule has 0 bridgehead atoms. The van der Waals surface area contributed by atoms with Crippen LogP contribution in [0.5, 0.6) is 5.75 Å². The smallest absolute Gasteiger partial charge is 0.258 e. The van der Waals surface area contributed by atoms with Crippen molar-refractivity contribution in [1.29, 1.82) is 0 Å². The van der Waals surface area contributed by atoms with Crippen LogP contribution in [0.25, 0.3) is 0 Å². The Balaban J connectivity index is 1.87. The summed E-state index contributed by atoms with van der Waals surface area (Å²) in [6.45, 7) is 4.85. The molecule has 0 aliphatic carbocycles. The summed E-state index contributed by atoms with van der Waals surface area (Å²) in [6.07, 6.45) is 1.97. The first-order valence-corrected chi connectivity index (χ1v) is 8.96. The molecule has 2 aromatic rings. The first kappa shape index (κ1) is 17.8. The minimum atomic E-state index is -0.104. The number of ether oxygens (including phenoxy) is 1. The lowest BCUT2D eigenvalue weighted by Gasteiger charge is -2.12. The van der Waals surface area contributed by atoms with Crippen molar-refractivity contribution >= 4 is 28.5 Å². The Hall–Kier alpha value is -1.56. The van der Waals surface area contributed by atoms with Gasteiger partial charge in [0.1, 0.15) is 5.75 Å². The van der Waals surface area contributed by atoms with E-state index >= 15 is 0 Å². The van der Waals surface area contributed by atoms with E-state index in [0.717, 1.165) is 16.4 Å². The number of carbonyl (C=O) groups excluding carboxylic acids is 1. The molecule has 0 aromatic heterocycles. The van der Waals surface area contributed by atoms with E-state index in [4.69, 9.17) is 4.74 Å². The van der Waals surface area contributed by atoms with Crippen LogP contribution in [0.2, 0.25) is 0 Å². The molecule has 4 heteroatoms. The van der Waals surface area contributed by atoms with Gasteiger partial charge in [0.2, 0.25) is 0 Å². The Morgan fingerprint density at radius 2 is 1.78 bits per heavy atom. The molecule has 1 N–H and O–H groups in total. The van der Waals surface area contributed by atoms with Crippen molar-refractivity contribution in [2.45, 2.75) is 33.2 Å². The van der Waals surface area contributed by atoms with Gasteiger partial charge in [0.15, 0.2) is 6.61 Å². The maximum Gasteiger partial charge on any atom is 0.258 e. The van der Waals surface area contributed by atoms with Crippen LogP contribution in [-0.2, 0) is 24.2 Å². The second kappa shape index (κ2) is 8.91. The summed E-state index contributed by atoms with van der Waals surface area (Å²) in [5.41, 5.74) is 3.76. The predicted molar refractivity (Wildman–Crippen MR) is 102 cm³/mol. The fraction of sp³-hybridized carbons (Fsp3) is 0.316. The van der Waals surface area contributed by atoms with E-state index in [1.807, 2.05) is 24.3 Å². The number of benzene rings is 2. The fourth-order valence-corrected chi connectivity index (χ4v) is 2.69. The lowest BCUT2D eigenvalue weighted by Crippen LogP contribution is -2.28. The van der Waals surface area contributed by atoms with Crippen molar-refractivity contribution in [3.8, 4) is 5.75 Å². The van der Waals surface area contributed by atoms with E-state index in [9.17, 15) is 4.79 Å². The highest BCUT2D eigenvalue weighted by atomic mass is 127. The van der Waals surface area contributed by atoms with Crippen LogP contribution < -0.4 is 10.1 Å². The summed E-state index contributed by atoms with van der Waals surface area (Å²) in [4.78, 5) is 12.0. The molecule has 2 rings (SSSR count). The molecule has 1 amide bonds. The summed E-state index contributed by atoms with van der Waals surface area (Å²) in [6, 6.07) is 14.1. The molecule has 3 nitrogen and oxygen atoms in total. The second-order valence-electron chi connectivity index (χ2n) is 5.33. The van der Waals surface area contributed by atoms with Crippen molar-refractivity contribution < 1.29 is 9.53 Å². The summed E-state index contributed by atoms with van der Waals surface area (Å²) in [7, 11) is 0. The molecule has 23 heavy (non-hydrogen) atoms. The molecule has 0 unspecified atom stereocenters. The van der Waals surface area contributed by atoms with E-state index in [1.165, 1.54) is 16.7 Å². The van der Waals surface area contributed by atoms with Gasteiger partial charge in [-0.25, -0.2) is 0 Å². The van der Waals surface area contributed by atoms with Gasteiger partial charge in [0.05, 0.1) is 0 Å². The van der Waals surface area contributed by atoms with Gasteiger partial charge in [-0.2, -0.15) is 0 Å². The molecule has 0 saturated carbocycles. The quantitative estimate of drug-likeness (QED) is 0.681. The highest BCUT2D eigenvalue weighted by molar-refractivity contribution is 14.1. The lowest BCUT2D eigenvalue weighted by atomic mass is 10.0. The number of hydrogen-bond donors (Lipinski definition) is 1. The minimum absolute atomic E-state index is 0.0372. The Labute approximate surface area is 151 Å². The molecular formula is C19H22INO2. The van der Waals surface area contributed by atoms with Crippen molar-refractivity contribution in [2.24, 2.45) is 0 Å². The van der Waals surface area contributed by atoms with Crippen LogP contribution in [0.4, 0.5) is 0 Å². The lowest BCUT2D eigenvalue weighted by molar-refractivity contribution is -0.123.